The summed E-state index contributed by atoms with van der Waals surface area (Å²) in [4.78, 5) is 11.6. The Bertz CT molecular complexity index is 323. The summed E-state index contributed by atoms with van der Waals surface area (Å²) in [5.74, 6) is 0.744. The summed E-state index contributed by atoms with van der Waals surface area (Å²) < 4.78 is 15.9. The maximum absolute atomic E-state index is 12.0. The van der Waals surface area contributed by atoms with Gasteiger partial charge in [0.25, 0.3) is 5.91 Å². The summed E-state index contributed by atoms with van der Waals surface area (Å²) in [6.07, 6.45) is 0. The van der Waals surface area contributed by atoms with E-state index in [0.717, 1.165) is 0 Å². The van der Waals surface area contributed by atoms with Crippen LogP contribution in [-0.2, 0) is 14.5 Å². The van der Waals surface area contributed by atoms with Gasteiger partial charge in [-0.25, -0.2) is 4.21 Å². The maximum atomic E-state index is 12.0. The molecule has 0 bridgehead atoms. The highest BCUT2D eigenvalue weighted by Crippen LogP contribution is 2.17. The molecule has 1 N–H and O–H groups in total. The summed E-state index contributed by atoms with van der Waals surface area (Å²) in [7, 11) is -2.26. The van der Waals surface area contributed by atoms with Crippen molar-refractivity contribution in [1.29, 1.82) is 0 Å². The van der Waals surface area contributed by atoms with E-state index in [9.17, 15) is 9.00 Å². The molecule has 1 aliphatic rings. The minimum absolute atomic E-state index is 0.246. The van der Waals surface area contributed by atoms with Crippen molar-refractivity contribution in [3.05, 3.63) is 0 Å². The number of carbonyl (C=O) groups is 1. The molecule has 5 heteroatoms. The number of amides is 1. The molecule has 0 radical (unpaired) electrons. The molecule has 82 valence electrons. The molecule has 1 fully saturated rings. The fraction of sp³-hybridized carbons (Fsp3) is 0.889. The van der Waals surface area contributed by atoms with E-state index in [1.165, 1.54) is 0 Å². The molecular weight excluding hydrogens is 200 g/mol. The normalized spacial score (nSPS) is 21.6. The van der Waals surface area contributed by atoms with Crippen molar-refractivity contribution in [1.82, 2.24) is 5.32 Å². The molecule has 1 heterocycles. The number of hydrogen-bond acceptors (Lipinski definition) is 3. The highest BCUT2D eigenvalue weighted by molar-refractivity contribution is 7.94. The van der Waals surface area contributed by atoms with E-state index in [4.69, 9.17) is 0 Å². The molecule has 0 aromatic rings. The van der Waals surface area contributed by atoms with Crippen molar-refractivity contribution in [2.75, 3.05) is 24.6 Å². The van der Waals surface area contributed by atoms with Crippen LogP contribution in [0.3, 0.4) is 0 Å². The van der Waals surface area contributed by atoms with Crippen LogP contribution in [0, 0.1) is 5.41 Å². The van der Waals surface area contributed by atoms with Gasteiger partial charge in [0.05, 0.1) is 9.73 Å². The number of hydrogen-bond donors (Lipinski definition) is 1. The zero-order chi connectivity index (χ0) is 10.8. The molecule has 14 heavy (non-hydrogen) atoms. The molecule has 4 nitrogen and oxygen atoms in total. The van der Waals surface area contributed by atoms with Crippen molar-refractivity contribution in [2.24, 2.45) is 9.78 Å². The van der Waals surface area contributed by atoms with Crippen LogP contribution >= 0.6 is 0 Å². The van der Waals surface area contributed by atoms with Crippen LogP contribution in [0.1, 0.15) is 20.8 Å². The highest BCUT2D eigenvalue weighted by atomic mass is 32.2. The average molecular weight is 218 g/mol. The Hall–Kier alpha value is -0.420. The van der Waals surface area contributed by atoms with E-state index in [1.807, 2.05) is 0 Å². The van der Waals surface area contributed by atoms with Crippen LogP contribution in [0.2, 0.25) is 0 Å². The van der Waals surface area contributed by atoms with Crippen molar-refractivity contribution < 1.29 is 9.00 Å². The third-order valence-corrected chi connectivity index (χ3v) is 4.27. The topological polar surface area (TPSA) is 58.5 Å². The molecule has 1 amide bonds. The largest absolute Gasteiger partial charge is 0.315 e. The summed E-state index contributed by atoms with van der Waals surface area (Å²) in [5, 5.41) is 3.10. The van der Waals surface area contributed by atoms with Crippen LogP contribution in [0.15, 0.2) is 4.36 Å². The molecule has 1 saturated heterocycles. The summed E-state index contributed by atoms with van der Waals surface area (Å²) in [5.41, 5.74) is -0.519. The van der Waals surface area contributed by atoms with Crippen LogP contribution in [0.4, 0.5) is 0 Å². The molecule has 0 aromatic carbocycles. The Morgan fingerprint density at radius 1 is 1.29 bits per heavy atom. The lowest BCUT2D eigenvalue weighted by atomic mass is 9.96. The second-order valence-corrected chi connectivity index (χ2v) is 7.12. The van der Waals surface area contributed by atoms with Gasteiger partial charge >= 0.3 is 0 Å². The molecule has 0 spiro atoms. The van der Waals surface area contributed by atoms with Crippen molar-refractivity contribution in [3.63, 3.8) is 0 Å². The first-order valence-electron chi connectivity index (χ1n) is 4.81. The van der Waals surface area contributed by atoms with Gasteiger partial charge in [-0.05, 0) is 0 Å². The first kappa shape index (κ1) is 11.7. The smallest absolute Gasteiger partial charge is 0.259 e. The Kier molecular flexibility index (Phi) is 3.32. The Labute approximate surface area is 85.6 Å². The van der Waals surface area contributed by atoms with Gasteiger partial charge in [-0.2, -0.15) is 4.36 Å². The van der Waals surface area contributed by atoms with Gasteiger partial charge in [-0.15, -0.1) is 0 Å². The fourth-order valence-electron chi connectivity index (χ4n) is 1.07. The van der Waals surface area contributed by atoms with Crippen LogP contribution < -0.4 is 5.32 Å². The summed E-state index contributed by atoms with van der Waals surface area (Å²) in [6, 6.07) is 0. The van der Waals surface area contributed by atoms with E-state index >= 15 is 0 Å². The third-order valence-electron chi connectivity index (χ3n) is 2.09. The van der Waals surface area contributed by atoms with Gasteiger partial charge in [0.2, 0.25) is 0 Å². The predicted molar refractivity (Wildman–Crippen MR) is 57.6 cm³/mol. The molecule has 1 rings (SSSR count). The number of carbonyl (C=O) groups excluding carboxylic acids is 1. The predicted octanol–water partition coefficient (Wildman–Crippen LogP) is 0.630. The second kappa shape index (κ2) is 3.98. The summed E-state index contributed by atoms with van der Waals surface area (Å²) in [6.45, 7) is 6.77. The monoisotopic (exact) mass is 218 g/mol. The average Bonchev–Trinajstić information content (AvgIpc) is 2.02. The van der Waals surface area contributed by atoms with Crippen molar-refractivity contribution in [2.45, 2.75) is 20.8 Å². The van der Waals surface area contributed by atoms with E-state index in [1.54, 1.807) is 20.8 Å². The molecule has 1 aliphatic heterocycles. The Morgan fingerprint density at radius 2 is 1.79 bits per heavy atom. The minimum atomic E-state index is -2.26. The van der Waals surface area contributed by atoms with Gasteiger partial charge in [0.15, 0.2) is 0 Å². The SMILES string of the molecule is CC(C)(C)C(=O)N=S1(=O)CCNCC1. The molecule has 0 aliphatic carbocycles. The number of rotatable bonds is 0. The zero-order valence-corrected chi connectivity index (χ0v) is 9.82. The van der Waals surface area contributed by atoms with Crippen molar-refractivity contribution in [3.8, 4) is 0 Å². The number of nitrogens with one attached hydrogen (secondary N) is 1. The van der Waals surface area contributed by atoms with E-state index in [-0.39, 0.29) is 5.91 Å². The van der Waals surface area contributed by atoms with Gasteiger partial charge in [-0.3, -0.25) is 4.79 Å². The quantitative estimate of drug-likeness (QED) is 0.649. The minimum Gasteiger partial charge on any atom is -0.315 e. The summed E-state index contributed by atoms with van der Waals surface area (Å²) >= 11 is 0. The van der Waals surface area contributed by atoms with Gasteiger partial charge in [0, 0.05) is 30.0 Å². The van der Waals surface area contributed by atoms with E-state index in [0.29, 0.717) is 24.6 Å². The van der Waals surface area contributed by atoms with Gasteiger partial charge < -0.3 is 5.32 Å². The Balaban J connectivity index is 2.86. The molecule has 0 aromatic heterocycles. The lowest BCUT2D eigenvalue weighted by Gasteiger charge is -2.19. The second-order valence-electron chi connectivity index (χ2n) is 4.58. The lowest BCUT2D eigenvalue weighted by molar-refractivity contribution is -0.124. The molecular formula is C9H18N2O2S. The van der Waals surface area contributed by atoms with Crippen molar-refractivity contribution >= 4 is 15.6 Å². The molecule has 0 unspecified atom stereocenters. The number of nitrogens with zero attached hydrogens (tertiary/aromatic N) is 1. The zero-order valence-electron chi connectivity index (χ0n) is 9.00. The van der Waals surface area contributed by atoms with Crippen LogP contribution in [0.5, 0.6) is 0 Å². The highest BCUT2D eigenvalue weighted by Gasteiger charge is 2.24. The third kappa shape index (κ3) is 3.06. The lowest BCUT2D eigenvalue weighted by Crippen LogP contribution is -2.36. The first-order valence-corrected chi connectivity index (χ1v) is 6.66. The molecule has 0 atom stereocenters. The maximum Gasteiger partial charge on any atom is 0.259 e. The van der Waals surface area contributed by atoms with E-state index < -0.39 is 15.1 Å². The van der Waals surface area contributed by atoms with E-state index in [2.05, 4.69) is 9.68 Å². The fourth-order valence-corrected chi connectivity index (χ4v) is 2.96. The molecule has 0 saturated carbocycles. The van der Waals surface area contributed by atoms with Crippen LogP contribution in [0.25, 0.3) is 0 Å². The first-order chi connectivity index (χ1) is 6.33. The van der Waals surface area contributed by atoms with Crippen LogP contribution in [-0.4, -0.2) is 34.7 Å². The standard InChI is InChI=1S/C9H18N2O2S/c1-9(2,3)8(12)11-14(13)6-4-10-5-7-14/h10H,4-7H2,1-3H3. The van der Waals surface area contributed by atoms with Gasteiger partial charge in [-0.1, -0.05) is 20.8 Å². The van der Waals surface area contributed by atoms with Gasteiger partial charge in [0.1, 0.15) is 0 Å². The Morgan fingerprint density at radius 3 is 2.21 bits per heavy atom.